The lowest BCUT2D eigenvalue weighted by atomic mass is 9.82. The molecule has 0 saturated heterocycles. The maximum atomic E-state index is 14.4. The van der Waals surface area contributed by atoms with Crippen LogP contribution in [0.4, 0.5) is 5.13 Å². The number of benzene rings is 4. The number of carbonyl (C=O) groups excluding carboxylic acids is 6. The van der Waals surface area contributed by atoms with E-state index in [4.69, 9.17) is 66.9 Å². The zero-order valence-corrected chi connectivity index (χ0v) is 56.9. The van der Waals surface area contributed by atoms with Gasteiger partial charge in [0.05, 0.1) is 107 Å². The second kappa shape index (κ2) is 45.6. The van der Waals surface area contributed by atoms with E-state index >= 15 is 0 Å². The molecular weight excluding hydrogens is 1260 g/mol. The predicted octanol–water partition coefficient (Wildman–Crippen LogP) is 14.6. The Morgan fingerprint density at radius 1 is 0.495 bits per heavy atom. The number of thiazole rings is 1. The number of aromatic nitrogens is 1. The molecule has 0 radical (unpaired) electrons. The Labute approximate surface area is 574 Å². The zero-order valence-electron chi connectivity index (χ0n) is 56.1. The molecule has 1 saturated carbocycles. The van der Waals surface area contributed by atoms with Gasteiger partial charge < -0.3 is 56.8 Å². The van der Waals surface area contributed by atoms with Crippen LogP contribution in [0.3, 0.4) is 0 Å². The maximum absolute atomic E-state index is 14.4. The SMILES string of the molecule is C=CC(=O)OCCCCCCOc1ccc(C(=O)Oc2ccc(C3CCC(OC(=O)c4ccc(OCCCCCCOC(=O)C=C)c(OCCCCCCOC(=O)C=C)c4)CC3)cc2/C=N/N(CCOCCOC)c2nc3ccccc3s2)cc1OCCCCCCOC(=O)C=C. The van der Waals surface area contributed by atoms with Crippen molar-refractivity contribution in [3.8, 4) is 28.7 Å². The number of para-hydroxylation sites is 1. The maximum Gasteiger partial charge on any atom is 0.343 e. The third-order valence-electron chi connectivity index (χ3n) is 15.6. The minimum Gasteiger partial charge on any atom is -0.490 e. The largest absolute Gasteiger partial charge is 0.490 e. The van der Waals surface area contributed by atoms with E-state index < -0.39 is 35.8 Å². The number of methoxy groups -OCH3 is 1. The van der Waals surface area contributed by atoms with Gasteiger partial charge in [-0.2, -0.15) is 5.10 Å². The van der Waals surface area contributed by atoms with Crippen molar-refractivity contribution in [1.29, 1.82) is 0 Å². The van der Waals surface area contributed by atoms with Crippen molar-refractivity contribution in [2.75, 3.05) is 91.3 Å². The van der Waals surface area contributed by atoms with E-state index in [0.29, 0.717) is 170 Å². The first kappa shape index (κ1) is 77.1. The van der Waals surface area contributed by atoms with Gasteiger partial charge in [0, 0.05) is 37.0 Å². The minimum atomic E-state index is -0.630. The minimum absolute atomic E-state index is 0.0684. The van der Waals surface area contributed by atoms with Crippen molar-refractivity contribution in [2.45, 2.75) is 140 Å². The van der Waals surface area contributed by atoms with Crippen LogP contribution in [0.1, 0.15) is 166 Å². The lowest BCUT2D eigenvalue weighted by Gasteiger charge is -2.29. The van der Waals surface area contributed by atoms with E-state index in [0.717, 1.165) is 117 Å². The van der Waals surface area contributed by atoms with Crippen molar-refractivity contribution in [3.05, 3.63) is 152 Å². The summed E-state index contributed by atoms with van der Waals surface area (Å²) in [5.74, 6) is -0.733. The van der Waals surface area contributed by atoms with Crippen LogP contribution in [0.5, 0.6) is 28.7 Å². The van der Waals surface area contributed by atoms with Crippen LogP contribution in [0.2, 0.25) is 0 Å². The third kappa shape index (κ3) is 29.2. The Kier molecular flexibility index (Phi) is 36.2. The van der Waals surface area contributed by atoms with E-state index in [2.05, 4.69) is 26.3 Å². The number of anilines is 1. The summed E-state index contributed by atoms with van der Waals surface area (Å²) in [6.45, 7) is 18.1. The molecule has 1 heterocycles. The van der Waals surface area contributed by atoms with Gasteiger partial charge in [0.25, 0.3) is 0 Å². The fourth-order valence-electron chi connectivity index (χ4n) is 10.2. The molecule has 0 bridgehead atoms. The predicted molar refractivity (Wildman–Crippen MR) is 372 cm³/mol. The summed E-state index contributed by atoms with van der Waals surface area (Å²) in [7, 11) is 1.62. The summed E-state index contributed by atoms with van der Waals surface area (Å²) in [6.07, 6.45) is 21.0. The van der Waals surface area contributed by atoms with Gasteiger partial charge >= 0.3 is 35.8 Å². The fraction of sp³-hybridized carbons (Fsp3) is 0.467. The van der Waals surface area contributed by atoms with E-state index in [1.54, 1.807) is 60.8 Å². The molecule has 4 aromatic carbocycles. The molecule has 22 heteroatoms. The van der Waals surface area contributed by atoms with Crippen LogP contribution in [-0.2, 0) is 52.3 Å². The van der Waals surface area contributed by atoms with Gasteiger partial charge in [0.15, 0.2) is 23.0 Å². The van der Waals surface area contributed by atoms with E-state index in [1.807, 2.05) is 36.4 Å². The van der Waals surface area contributed by atoms with Gasteiger partial charge in [0.1, 0.15) is 11.9 Å². The third-order valence-corrected chi connectivity index (χ3v) is 16.6. The molecule has 1 fully saturated rings. The number of hydrogen-bond donors (Lipinski definition) is 0. The van der Waals surface area contributed by atoms with E-state index in [-0.39, 0.29) is 23.3 Å². The lowest BCUT2D eigenvalue weighted by Crippen LogP contribution is -2.24. The Morgan fingerprint density at radius 2 is 0.948 bits per heavy atom. The molecule has 0 spiro atoms. The summed E-state index contributed by atoms with van der Waals surface area (Å²) in [4.78, 5) is 79.0. The number of nitrogens with zero attached hydrogens (tertiary/aromatic N) is 3. The highest BCUT2D eigenvalue weighted by Gasteiger charge is 2.27. The molecule has 6 rings (SSSR count). The second-order valence-electron chi connectivity index (χ2n) is 22.9. The molecule has 0 N–H and O–H groups in total. The summed E-state index contributed by atoms with van der Waals surface area (Å²) < 4.78 is 70.0. The van der Waals surface area contributed by atoms with Crippen LogP contribution in [0.25, 0.3) is 10.2 Å². The molecule has 0 atom stereocenters. The van der Waals surface area contributed by atoms with Gasteiger partial charge in [-0.15, -0.1) is 0 Å². The second-order valence-corrected chi connectivity index (χ2v) is 23.9. The highest BCUT2D eigenvalue weighted by molar-refractivity contribution is 7.22. The van der Waals surface area contributed by atoms with Crippen molar-refractivity contribution in [1.82, 2.24) is 4.98 Å². The van der Waals surface area contributed by atoms with Gasteiger partial charge in [-0.1, -0.05) is 55.9 Å². The summed E-state index contributed by atoms with van der Waals surface area (Å²) in [5, 5.41) is 7.43. The van der Waals surface area contributed by atoms with Crippen molar-refractivity contribution in [2.24, 2.45) is 5.10 Å². The molecule has 1 aromatic heterocycles. The van der Waals surface area contributed by atoms with Crippen LogP contribution in [-0.4, -0.2) is 139 Å². The van der Waals surface area contributed by atoms with Gasteiger partial charge in [-0.3, -0.25) is 0 Å². The fourth-order valence-corrected chi connectivity index (χ4v) is 11.2. The number of fused-ring (bicyclic) bond motifs is 1. The highest BCUT2D eigenvalue weighted by atomic mass is 32.1. The Hall–Kier alpha value is -8.86. The van der Waals surface area contributed by atoms with Gasteiger partial charge in [-0.05, 0) is 201 Å². The monoisotopic (exact) mass is 1360 g/mol. The highest BCUT2D eigenvalue weighted by Crippen LogP contribution is 2.38. The molecule has 5 aromatic rings. The molecule has 0 amide bonds. The number of unbranched alkanes of at least 4 members (excludes halogenated alkanes) is 12. The number of ether oxygens (including phenoxy) is 12. The van der Waals surface area contributed by atoms with Crippen molar-refractivity contribution in [3.63, 3.8) is 0 Å². The molecular formula is C75H95N3O18S. The number of hydrogen-bond acceptors (Lipinski definition) is 22. The summed E-state index contributed by atoms with van der Waals surface area (Å²) >= 11 is 1.50. The lowest BCUT2D eigenvalue weighted by molar-refractivity contribution is -0.138. The number of hydrazone groups is 1. The molecule has 0 aliphatic heterocycles. The van der Waals surface area contributed by atoms with Gasteiger partial charge in [0.2, 0.25) is 5.13 Å². The van der Waals surface area contributed by atoms with E-state index in [9.17, 15) is 28.8 Å². The van der Waals surface area contributed by atoms with Gasteiger partial charge in [-0.25, -0.2) is 38.8 Å². The Bertz CT molecular complexity index is 3290. The molecule has 524 valence electrons. The first-order valence-corrected chi connectivity index (χ1v) is 34.5. The zero-order chi connectivity index (χ0) is 69.1. The first-order valence-electron chi connectivity index (χ1n) is 33.7. The Balaban J connectivity index is 1.17. The van der Waals surface area contributed by atoms with Crippen LogP contribution >= 0.6 is 11.3 Å². The standard InChI is InChI=1S/C75H95N3O18S/c1-6-69(79)91-45-24-14-10-20-41-87-64-38-33-58(53-66(64)89-43-22-12-16-26-47-93-71(81)8-3)73(83)95-61-35-30-56(31-36-61)57-32-37-63(60(52-57)55-76-78(40-49-86-51-50-85-5)75-77-62-28-18-19-29-68(62)97-75)96-74(84)59-34-39-65(88-42-21-11-15-25-46-92-70(80)7-2)67(54-59)90-44-23-13-17-27-48-94-72(82)9-4/h6-9,18-19,28-29,32-34,37-39,52-56,61H,1-4,10-17,20-27,30-31,35-36,40-51H2,5H3/b76-55+. The Morgan fingerprint density at radius 3 is 1.42 bits per heavy atom. The molecule has 97 heavy (non-hydrogen) atoms. The topological polar surface area (TPSA) is 242 Å². The quantitative estimate of drug-likeness (QED) is 0.00668. The smallest absolute Gasteiger partial charge is 0.343 e. The average molecular weight is 1360 g/mol. The molecule has 1 aliphatic rings. The number of esters is 6. The molecule has 0 unspecified atom stereocenters. The van der Waals surface area contributed by atoms with Crippen molar-refractivity contribution < 1.29 is 85.6 Å². The van der Waals surface area contributed by atoms with Crippen LogP contribution in [0.15, 0.2) is 135 Å². The first-order chi connectivity index (χ1) is 47.4. The van der Waals surface area contributed by atoms with Crippen LogP contribution < -0.4 is 28.7 Å². The van der Waals surface area contributed by atoms with Crippen molar-refractivity contribution >= 4 is 68.7 Å². The van der Waals surface area contributed by atoms with E-state index in [1.165, 1.54) is 11.3 Å². The normalized spacial score (nSPS) is 13.4. The summed E-state index contributed by atoms with van der Waals surface area (Å²) in [6, 6.07) is 23.7. The summed E-state index contributed by atoms with van der Waals surface area (Å²) in [5.41, 5.74) is 2.94. The average Bonchev–Trinajstić information content (AvgIpc) is 1.70. The number of carbonyl (C=O) groups is 6. The van der Waals surface area contributed by atoms with Crippen LogP contribution in [0, 0.1) is 0 Å². The number of rotatable bonds is 50. The molecule has 1 aliphatic carbocycles. The molecule has 21 nitrogen and oxygen atoms in total.